The molecule has 3 N–H and O–H groups in total. The molecule has 9 nitrogen and oxygen atoms in total. The Morgan fingerprint density at radius 3 is 2.54 bits per heavy atom. The summed E-state index contributed by atoms with van der Waals surface area (Å²) in [7, 11) is 0. The topological polar surface area (TPSA) is 149 Å². The number of hydrogen-bond acceptors (Lipinski definition) is 7. The van der Waals surface area contributed by atoms with Crippen LogP contribution in [-0.2, 0) is 9.47 Å². The summed E-state index contributed by atoms with van der Waals surface area (Å²) in [5.41, 5.74) is 3.21. The monoisotopic (exact) mass is 326 g/mol. The van der Waals surface area contributed by atoms with Gasteiger partial charge in [0, 0.05) is 11.6 Å². The Kier molecular flexibility index (Phi) is 2.61. The van der Waals surface area contributed by atoms with Gasteiger partial charge in [0.25, 0.3) is 11.5 Å². The van der Waals surface area contributed by atoms with E-state index in [1.54, 1.807) is 6.07 Å². The minimum atomic E-state index is -1.56. The van der Waals surface area contributed by atoms with Crippen molar-refractivity contribution >= 4 is 11.5 Å². The van der Waals surface area contributed by atoms with E-state index >= 15 is 0 Å². The molecule has 9 heteroatoms. The lowest BCUT2D eigenvalue weighted by Crippen LogP contribution is -2.89. The van der Waals surface area contributed by atoms with E-state index < -0.39 is 27.6 Å². The molecule has 1 spiro atoms. The molecule has 2 heterocycles. The summed E-state index contributed by atoms with van der Waals surface area (Å²) in [5.74, 6) is -2.34. The van der Waals surface area contributed by atoms with Crippen molar-refractivity contribution in [2.24, 2.45) is 16.6 Å². The highest BCUT2D eigenvalue weighted by atomic mass is 16.8. The molecule has 4 rings (SSSR count). The molecule has 1 saturated carbocycles. The van der Waals surface area contributed by atoms with E-state index in [1.165, 1.54) is 18.2 Å². The molecule has 120 valence electrons. The number of nitro groups is 1. The normalized spacial score (nSPS) is 34.9. The summed E-state index contributed by atoms with van der Waals surface area (Å²) < 4.78 is 11.2. The van der Waals surface area contributed by atoms with Gasteiger partial charge in [0.15, 0.2) is 10.8 Å². The van der Waals surface area contributed by atoms with Gasteiger partial charge >= 0.3 is 5.91 Å². The second-order valence-corrected chi connectivity index (χ2v) is 5.94. The lowest BCUT2D eigenvalue weighted by Gasteiger charge is -2.23. The Labute approximate surface area is 136 Å². The van der Waals surface area contributed by atoms with E-state index in [-0.39, 0.29) is 30.3 Å². The van der Waals surface area contributed by atoms with Crippen molar-refractivity contribution in [1.29, 1.82) is 10.5 Å². The van der Waals surface area contributed by atoms with E-state index in [2.05, 4.69) is 17.1 Å². The number of benzene rings is 1. The number of ether oxygens (including phenoxy) is 2. The Bertz CT molecular complexity index is 879. The highest BCUT2D eigenvalue weighted by Gasteiger charge is 2.98. The third-order valence-electron chi connectivity index (χ3n) is 5.14. The van der Waals surface area contributed by atoms with Crippen LogP contribution in [0.15, 0.2) is 24.3 Å². The maximum absolute atomic E-state index is 11.4. The van der Waals surface area contributed by atoms with Crippen molar-refractivity contribution in [1.82, 2.24) is 0 Å². The average Bonchev–Trinajstić information content (AvgIpc) is 2.83. The second kappa shape index (κ2) is 4.29. The van der Waals surface area contributed by atoms with Gasteiger partial charge < -0.3 is 9.47 Å². The van der Waals surface area contributed by atoms with Crippen LogP contribution in [0.5, 0.6) is 0 Å². The fourth-order valence-corrected chi connectivity index (χ4v) is 4.18. The Hall–Kier alpha value is -3.01. The molecule has 3 aliphatic rings. The molecule has 0 bridgehead atoms. The van der Waals surface area contributed by atoms with Crippen LogP contribution in [-0.4, -0.2) is 29.9 Å². The Morgan fingerprint density at radius 2 is 1.96 bits per heavy atom. The summed E-state index contributed by atoms with van der Waals surface area (Å²) in [6.07, 6.45) is 0. The van der Waals surface area contributed by atoms with Crippen molar-refractivity contribution in [3.63, 3.8) is 0 Å². The van der Waals surface area contributed by atoms with Crippen LogP contribution in [0.1, 0.15) is 11.5 Å². The van der Waals surface area contributed by atoms with Crippen LogP contribution in [0.25, 0.3) is 0 Å². The molecular weight excluding hydrogens is 314 g/mol. The van der Waals surface area contributed by atoms with Gasteiger partial charge in [-0.05, 0) is 0 Å². The quantitative estimate of drug-likeness (QED) is 0.515. The average molecular weight is 326 g/mol. The standard InChI is InChI=1S/C15H11N5O4/c16-7-13-11(9-3-1-2-4-10(9)20(21)22)14(13,8-17)15(19-12(13)18)23-5-6-24-15/h1-4,11H,5-6H2,(H2,18,19)/p+1/t11-,13-,14-/m1/s1. The fourth-order valence-electron chi connectivity index (χ4n) is 4.18. The highest BCUT2D eigenvalue weighted by molar-refractivity contribution is 5.95. The van der Waals surface area contributed by atoms with Gasteiger partial charge in [-0.3, -0.25) is 15.8 Å². The molecule has 3 atom stereocenters. The molecule has 2 aliphatic heterocycles. The molecule has 1 aromatic rings. The van der Waals surface area contributed by atoms with Crippen molar-refractivity contribution in [2.45, 2.75) is 11.8 Å². The summed E-state index contributed by atoms with van der Waals surface area (Å²) in [6, 6.07) is 10.2. The largest absolute Gasteiger partial charge is 0.343 e. The smallest absolute Gasteiger partial charge is 0.311 e. The number of fused-ring (bicyclic) bond motifs is 2. The van der Waals surface area contributed by atoms with Crippen LogP contribution in [0, 0.1) is 43.6 Å². The maximum atomic E-state index is 11.4. The summed E-state index contributed by atoms with van der Waals surface area (Å²) in [5, 5.41) is 31.1. The minimum absolute atomic E-state index is 0.0385. The first-order valence-corrected chi connectivity index (χ1v) is 7.25. The van der Waals surface area contributed by atoms with E-state index in [1.807, 2.05) is 0 Å². The number of hydrogen-bond donors (Lipinski definition) is 2. The number of nitrogens with two attached hydrogens (primary N) is 1. The Morgan fingerprint density at radius 1 is 1.29 bits per heavy atom. The first-order valence-electron chi connectivity index (χ1n) is 7.25. The SMILES string of the molecule is N#C[C@@]12C(N)=[NH+]C3(OCCO3)[C@]1(C#N)[C@@H]2c1ccccc1[N+](=O)[O-]. The number of amidine groups is 1. The zero-order valence-electron chi connectivity index (χ0n) is 12.4. The first kappa shape index (κ1) is 14.6. The molecule has 24 heavy (non-hydrogen) atoms. The maximum Gasteiger partial charge on any atom is 0.343 e. The highest BCUT2D eigenvalue weighted by Crippen LogP contribution is 2.79. The predicted octanol–water partition coefficient (Wildman–Crippen LogP) is -1.14. The molecule has 0 amide bonds. The lowest BCUT2D eigenvalue weighted by molar-refractivity contribution is -0.676. The van der Waals surface area contributed by atoms with Crippen molar-refractivity contribution in [3.8, 4) is 12.1 Å². The van der Waals surface area contributed by atoms with Gasteiger partial charge in [0.05, 0.1) is 36.2 Å². The van der Waals surface area contributed by atoms with Gasteiger partial charge in [-0.1, -0.05) is 18.2 Å². The van der Waals surface area contributed by atoms with E-state index in [0.29, 0.717) is 0 Å². The number of nitrogens with zero attached hydrogens (tertiary/aromatic N) is 3. The number of nitro benzene ring substituents is 1. The van der Waals surface area contributed by atoms with Gasteiger partial charge in [-0.15, -0.1) is 0 Å². The Balaban J connectivity index is 1.97. The molecule has 0 aromatic heterocycles. The number of nitriles is 2. The molecule has 1 aliphatic carbocycles. The van der Waals surface area contributed by atoms with Gasteiger partial charge in [0.2, 0.25) is 0 Å². The molecule has 1 saturated heterocycles. The van der Waals surface area contributed by atoms with Crippen molar-refractivity contribution in [3.05, 3.63) is 39.9 Å². The number of nitrogens with one attached hydrogen (secondary N) is 1. The van der Waals surface area contributed by atoms with Crippen molar-refractivity contribution < 1.29 is 19.4 Å². The number of rotatable bonds is 2. The van der Waals surface area contributed by atoms with Crippen LogP contribution in [0.3, 0.4) is 0 Å². The van der Waals surface area contributed by atoms with E-state index in [0.717, 1.165) is 0 Å². The summed E-state index contributed by atoms with van der Waals surface area (Å²) in [6.45, 7) is 0.462. The zero-order valence-corrected chi connectivity index (χ0v) is 12.4. The third kappa shape index (κ3) is 1.25. The van der Waals surface area contributed by atoms with Crippen molar-refractivity contribution in [2.75, 3.05) is 13.2 Å². The third-order valence-corrected chi connectivity index (χ3v) is 5.14. The van der Waals surface area contributed by atoms with Crippen LogP contribution < -0.4 is 10.7 Å². The van der Waals surface area contributed by atoms with E-state index in [4.69, 9.17) is 15.2 Å². The van der Waals surface area contributed by atoms with Gasteiger partial charge in [-0.2, -0.15) is 10.5 Å². The lowest BCUT2D eigenvalue weighted by atomic mass is 9.93. The minimum Gasteiger partial charge on any atom is -0.311 e. The molecule has 2 fully saturated rings. The van der Waals surface area contributed by atoms with Gasteiger partial charge in [0.1, 0.15) is 0 Å². The number of para-hydroxylation sites is 1. The fraction of sp³-hybridized carbons (Fsp3) is 0.400. The van der Waals surface area contributed by atoms with E-state index in [9.17, 15) is 20.6 Å². The molecule has 0 unspecified atom stereocenters. The zero-order chi connectivity index (χ0) is 17.2. The first-order chi connectivity index (χ1) is 11.5. The van der Waals surface area contributed by atoms with Crippen LogP contribution in [0.4, 0.5) is 5.69 Å². The molecular formula is C15H12N5O4+. The summed E-state index contributed by atoms with van der Waals surface area (Å²) >= 11 is 0. The molecule has 1 aromatic carbocycles. The molecule has 0 radical (unpaired) electrons. The van der Waals surface area contributed by atoms with Crippen LogP contribution in [0.2, 0.25) is 0 Å². The van der Waals surface area contributed by atoms with Crippen LogP contribution >= 0.6 is 0 Å². The second-order valence-electron chi connectivity index (χ2n) is 5.94. The summed E-state index contributed by atoms with van der Waals surface area (Å²) in [4.78, 5) is 13.6. The van der Waals surface area contributed by atoms with Gasteiger partial charge in [-0.25, -0.2) is 4.99 Å². The predicted molar refractivity (Wildman–Crippen MR) is 76.7 cm³/mol.